The van der Waals surface area contributed by atoms with Crippen LogP contribution in [0.15, 0.2) is 0 Å². The fourth-order valence-corrected chi connectivity index (χ4v) is 3.98. The maximum atomic E-state index is 10.9. The normalized spacial score (nSPS) is 38.1. The Bertz CT molecular complexity index is 241. The Morgan fingerprint density at radius 1 is 1.47 bits per heavy atom. The average molecular weight is 229 g/mol. The number of carboxylic acid groups (broad SMARTS) is 1. The Morgan fingerprint density at radius 3 is 2.80 bits per heavy atom. The number of piperidine rings is 1. The Morgan fingerprint density at radius 2 is 2.27 bits per heavy atom. The summed E-state index contributed by atoms with van der Waals surface area (Å²) in [4.78, 5) is 13.4. The molecule has 2 rings (SSSR count). The molecule has 4 heteroatoms. The molecule has 2 aliphatic heterocycles. The van der Waals surface area contributed by atoms with Gasteiger partial charge in [-0.25, -0.2) is 0 Å². The molecule has 0 spiro atoms. The molecule has 0 radical (unpaired) electrons. The van der Waals surface area contributed by atoms with Crippen LogP contribution in [0.25, 0.3) is 0 Å². The van der Waals surface area contributed by atoms with Crippen molar-refractivity contribution in [2.75, 3.05) is 18.1 Å². The van der Waals surface area contributed by atoms with Crippen LogP contribution in [0, 0.1) is 5.92 Å². The summed E-state index contributed by atoms with van der Waals surface area (Å²) >= 11 is 2.03. The SMILES string of the molecule is CC1CC(C(=O)O)CCN1C1CCSC1. The summed E-state index contributed by atoms with van der Waals surface area (Å²) in [6.07, 6.45) is 2.95. The molecule has 1 N–H and O–H groups in total. The van der Waals surface area contributed by atoms with Crippen molar-refractivity contribution in [2.24, 2.45) is 5.92 Å². The lowest BCUT2D eigenvalue weighted by atomic mass is 9.90. The number of rotatable bonds is 2. The van der Waals surface area contributed by atoms with Gasteiger partial charge in [-0.1, -0.05) is 0 Å². The zero-order valence-electron chi connectivity index (χ0n) is 9.19. The lowest BCUT2D eigenvalue weighted by molar-refractivity contribution is -0.144. The van der Waals surface area contributed by atoms with Gasteiger partial charge in [0.15, 0.2) is 0 Å². The molecule has 0 amide bonds. The summed E-state index contributed by atoms with van der Waals surface area (Å²) in [5.74, 6) is 1.80. The van der Waals surface area contributed by atoms with Gasteiger partial charge in [-0.15, -0.1) is 0 Å². The molecular weight excluding hydrogens is 210 g/mol. The summed E-state index contributed by atoms with van der Waals surface area (Å²) < 4.78 is 0. The van der Waals surface area contributed by atoms with E-state index < -0.39 is 5.97 Å². The number of carbonyl (C=O) groups is 1. The molecule has 3 unspecified atom stereocenters. The highest BCUT2D eigenvalue weighted by atomic mass is 32.2. The van der Waals surface area contributed by atoms with E-state index in [2.05, 4.69) is 11.8 Å². The van der Waals surface area contributed by atoms with E-state index >= 15 is 0 Å². The van der Waals surface area contributed by atoms with E-state index in [1.807, 2.05) is 11.8 Å². The van der Waals surface area contributed by atoms with Gasteiger partial charge in [-0.05, 0) is 38.5 Å². The zero-order chi connectivity index (χ0) is 10.8. The van der Waals surface area contributed by atoms with E-state index in [4.69, 9.17) is 5.11 Å². The largest absolute Gasteiger partial charge is 0.481 e. The lowest BCUT2D eigenvalue weighted by Gasteiger charge is -2.39. The van der Waals surface area contributed by atoms with Crippen molar-refractivity contribution in [3.05, 3.63) is 0 Å². The van der Waals surface area contributed by atoms with Gasteiger partial charge in [0.2, 0.25) is 0 Å². The molecule has 0 aromatic heterocycles. The Kier molecular flexibility index (Phi) is 3.57. The van der Waals surface area contributed by atoms with Gasteiger partial charge in [-0.2, -0.15) is 11.8 Å². The molecule has 0 aromatic rings. The smallest absolute Gasteiger partial charge is 0.306 e. The maximum Gasteiger partial charge on any atom is 0.306 e. The van der Waals surface area contributed by atoms with Crippen LogP contribution in [0.3, 0.4) is 0 Å². The second kappa shape index (κ2) is 4.74. The van der Waals surface area contributed by atoms with Gasteiger partial charge >= 0.3 is 5.97 Å². The highest BCUT2D eigenvalue weighted by Crippen LogP contribution is 2.30. The van der Waals surface area contributed by atoms with Crippen molar-refractivity contribution in [3.8, 4) is 0 Å². The fourth-order valence-electron chi connectivity index (χ4n) is 2.74. The molecule has 2 aliphatic rings. The van der Waals surface area contributed by atoms with Crippen molar-refractivity contribution < 1.29 is 9.90 Å². The first-order valence-electron chi connectivity index (χ1n) is 5.74. The third-order valence-electron chi connectivity index (χ3n) is 3.65. The quantitative estimate of drug-likeness (QED) is 0.782. The van der Waals surface area contributed by atoms with Crippen LogP contribution >= 0.6 is 11.8 Å². The van der Waals surface area contributed by atoms with Crippen LogP contribution in [0.1, 0.15) is 26.2 Å². The molecule has 2 saturated heterocycles. The minimum absolute atomic E-state index is 0.106. The molecule has 0 bridgehead atoms. The molecule has 86 valence electrons. The van der Waals surface area contributed by atoms with E-state index in [0.29, 0.717) is 12.1 Å². The topological polar surface area (TPSA) is 40.5 Å². The molecule has 2 fully saturated rings. The number of carboxylic acids is 1. The van der Waals surface area contributed by atoms with Crippen LogP contribution in [0.2, 0.25) is 0 Å². The van der Waals surface area contributed by atoms with Gasteiger partial charge in [0.1, 0.15) is 0 Å². The van der Waals surface area contributed by atoms with Crippen molar-refractivity contribution in [2.45, 2.75) is 38.3 Å². The van der Waals surface area contributed by atoms with Crippen LogP contribution in [0.4, 0.5) is 0 Å². The van der Waals surface area contributed by atoms with Gasteiger partial charge in [0, 0.05) is 17.8 Å². The molecule has 2 heterocycles. The van der Waals surface area contributed by atoms with Crippen molar-refractivity contribution in [1.82, 2.24) is 4.90 Å². The fraction of sp³-hybridized carbons (Fsp3) is 0.909. The van der Waals surface area contributed by atoms with E-state index in [1.165, 1.54) is 17.9 Å². The second-order valence-electron chi connectivity index (χ2n) is 4.66. The van der Waals surface area contributed by atoms with Crippen molar-refractivity contribution in [3.63, 3.8) is 0 Å². The number of nitrogens with zero attached hydrogens (tertiary/aromatic N) is 1. The standard InChI is InChI=1S/C11H19NO2S/c1-8-6-9(11(13)14)2-4-12(8)10-3-5-15-7-10/h8-10H,2-7H2,1H3,(H,13,14). The van der Waals surface area contributed by atoms with Crippen LogP contribution < -0.4 is 0 Å². The molecule has 15 heavy (non-hydrogen) atoms. The highest BCUT2D eigenvalue weighted by molar-refractivity contribution is 7.99. The monoisotopic (exact) mass is 229 g/mol. The summed E-state index contributed by atoms with van der Waals surface area (Å²) in [5.41, 5.74) is 0. The van der Waals surface area contributed by atoms with Gasteiger partial charge < -0.3 is 5.11 Å². The maximum absolute atomic E-state index is 10.9. The van der Waals surface area contributed by atoms with Gasteiger partial charge in [-0.3, -0.25) is 9.69 Å². The zero-order valence-corrected chi connectivity index (χ0v) is 10.0. The van der Waals surface area contributed by atoms with Crippen LogP contribution in [0.5, 0.6) is 0 Å². The third kappa shape index (κ3) is 2.48. The highest BCUT2D eigenvalue weighted by Gasteiger charge is 2.34. The van der Waals surface area contributed by atoms with E-state index in [0.717, 1.165) is 19.4 Å². The Labute approximate surface area is 95.2 Å². The second-order valence-corrected chi connectivity index (χ2v) is 5.81. The van der Waals surface area contributed by atoms with E-state index in [-0.39, 0.29) is 5.92 Å². The van der Waals surface area contributed by atoms with Crippen LogP contribution in [-0.4, -0.2) is 46.1 Å². The third-order valence-corrected chi connectivity index (χ3v) is 4.80. The lowest BCUT2D eigenvalue weighted by Crippen LogP contribution is -2.48. The molecule has 0 aromatic carbocycles. The van der Waals surface area contributed by atoms with Crippen molar-refractivity contribution >= 4 is 17.7 Å². The molecular formula is C11H19NO2S. The summed E-state index contributed by atoms with van der Waals surface area (Å²) in [7, 11) is 0. The predicted molar refractivity (Wildman–Crippen MR) is 62.3 cm³/mol. The Balaban J connectivity index is 1.91. The molecule has 0 saturated carbocycles. The Hall–Kier alpha value is -0.220. The first kappa shape index (κ1) is 11.3. The van der Waals surface area contributed by atoms with Gasteiger partial charge in [0.25, 0.3) is 0 Å². The minimum atomic E-state index is -0.609. The van der Waals surface area contributed by atoms with Crippen molar-refractivity contribution in [1.29, 1.82) is 0 Å². The predicted octanol–water partition coefficient (Wildman–Crippen LogP) is 1.68. The summed E-state index contributed by atoms with van der Waals surface area (Å²) in [6, 6.07) is 1.16. The number of hydrogen-bond acceptors (Lipinski definition) is 3. The first-order valence-corrected chi connectivity index (χ1v) is 6.90. The molecule has 0 aliphatic carbocycles. The summed E-state index contributed by atoms with van der Waals surface area (Å²) in [6.45, 7) is 3.15. The minimum Gasteiger partial charge on any atom is -0.481 e. The first-order chi connectivity index (χ1) is 7.18. The number of aliphatic carboxylic acids is 1. The van der Waals surface area contributed by atoms with E-state index in [9.17, 15) is 4.79 Å². The number of likely N-dealkylation sites (tertiary alicyclic amines) is 1. The van der Waals surface area contributed by atoms with Crippen LogP contribution in [-0.2, 0) is 4.79 Å². The molecule has 3 atom stereocenters. The average Bonchev–Trinajstić information content (AvgIpc) is 2.70. The number of hydrogen-bond donors (Lipinski definition) is 1. The molecule has 3 nitrogen and oxygen atoms in total. The van der Waals surface area contributed by atoms with E-state index in [1.54, 1.807) is 0 Å². The number of thioether (sulfide) groups is 1. The summed E-state index contributed by atoms with van der Waals surface area (Å²) in [5, 5.41) is 8.98. The van der Waals surface area contributed by atoms with Gasteiger partial charge in [0.05, 0.1) is 5.92 Å².